The Labute approximate surface area is 231 Å². The highest BCUT2D eigenvalue weighted by Crippen LogP contribution is 2.12. The maximum atomic E-state index is 12.5. The van der Waals surface area contributed by atoms with Crippen molar-refractivity contribution in [1.29, 1.82) is 0 Å². The van der Waals surface area contributed by atoms with E-state index in [1.165, 1.54) is 7.11 Å². The summed E-state index contributed by atoms with van der Waals surface area (Å²) in [6.45, 7) is 9.45. The van der Waals surface area contributed by atoms with Crippen molar-refractivity contribution in [3.8, 4) is 0 Å². The summed E-state index contributed by atoms with van der Waals surface area (Å²) in [6, 6.07) is 7.64. The third kappa shape index (κ3) is 15.6. The van der Waals surface area contributed by atoms with Gasteiger partial charge in [0.1, 0.15) is 18.2 Å². The van der Waals surface area contributed by atoms with E-state index in [1.807, 2.05) is 44.2 Å². The Hall–Kier alpha value is -3.34. The zero-order chi connectivity index (χ0) is 29.4. The zero-order valence-corrected chi connectivity index (χ0v) is 24.0. The molecule has 0 aromatic heterocycles. The lowest BCUT2D eigenvalue weighted by molar-refractivity contribution is -0.145. The van der Waals surface area contributed by atoms with E-state index in [0.717, 1.165) is 5.56 Å². The number of aliphatic hydroxyl groups is 1. The molecule has 11 heteroatoms. The number of benzene rings is 1. The van der Waals surface area contributed by atoms with E-state index in [2.05, 4.69) is 16.0 Å². The molecule has 1 aromatic carbocycles. The minimum Gasteiger partial charge on any atom is -0.467 e. The normalized spacial score (nSPS) is 13.5. The molecule has 3 atom stereocenters. The quantitative estimate of drug-likeness (QED) is 0.147. The molecule has 0 aliphatic heterocycles. The van der Waals surface area contributed by atoms with Crippen molar-refractivity contribution in [2.24, 2.45) is 5.92 Å². The Morgan fingerprint density at radius 3 is 2.23 bits per heavy atom. The molecule has 0 radical (unpaired) electrons. The van der Waals surface area contributed by atoms with Gasteiger partial charge in [-0.1, -0.05) is 44.2 Å². The van der Waals surface area contributed by atoms with Crippen molar-refractivity contribution in [1.82, 2.24) is 16.0 Å². The third-order valence-electron chi connectivity index (χ3n) is 5.54. The lowest BCUT2D eigenvalue weighted by Gasteiger charge is -2.25. The molecule has 0 heterocycles. The summed E-state index contributed by atoms with van der Waals surface area (Å²) in [5, 5.41) is 18.8. The highest BCUT2D eigenvalue weighted by Gasteiger charge is 2.26. The number of nitrogens with one attached hydrogen (secondary N) is 3. The Kier molecular flexibility index (Phi) is 14.9. The molecule has 39 heavy (non-hydrogen) atoms. The molecule has 220 valence electrons. The number of alkyl carbamates (subject to hydrolysis) is 2. The minimum atomic E-state index is -1.08. The van der Waals surface area contributed by atoms with E-state index in [-0.39, 0.29) is 31.9 Å². The number of esters is 1. The zero-order valence-electron chi connectivity index (χ0n) is 24.0. The van der Waals surface area contributed by atoms with Crippen LogP contribution < -0.4 is 16.0 Å². The predicted molar refractivity (Wildman–Crippen MR) is 146 cm³/mol. The predicted octanol–water partition coefficient (Wildman–Crippen LogP) is 3.43. The van der Waals surface area contributed by atoms with Crippen LogP contribution in [0.2, 0.25) is 0 Å². The Balaban J connectivity index is 2.70. The van der Waals surface area contributed by atoms with Crippen LogP contribution in [0, 0.1) is 5.92 Å². The number of carbonyl (C=O) groups excluding carboxylic acids is 4. The van der Waals surface area contributed by atoms with Crippen LogP contribution in [0.5, 0.6) is 0 Å². The van der Waals surface area contributed by atoms with Gasteiger partial charge in [0.05, 0.1) is 19.3 Å². The Morgan fingerprint density at radius 2 is 1.64 bits per heavy atom. The van der Waals surface area contributed by atoms with Gasteiger partial charge in [-0.15, -0.1) is 0 Å². The molecule has 4 N–H and O–H groups in total. The number of amides is 3. The van der Waals surface area contributed by atoms with Gasteiger partial charge in [-0.25, -0.2) is 14.4 Å². The summed E-state index contributed by atoms with van der Waals surface area (Å²) >= 11 is 0. The molecule has 0 saturated carbocycles. The minimum absolute atomic E-state index is 0.0323. The number of aliphatic hydroxyl groups excluding tert-OH is 1. The molecular weight excluding hydrogens is 506 g/mol. The van der Waals surface area contributed by atoms with Gasteiger partial charge >= 0.3 is 18.2 Å². The molecule has 11 nitrogen and oxygen atoms in total. The first-order valence-electron chi connectivity index (χ1n) is 13.3. The summed E-state index contributed by atoms with van der Waals surface area (Å²) in [5.74, 6) is -0.789. The van der Waals surface area contributed by atoms with Crippen molar-refractivity contribution in [3.05, 3.63) is 35.9 Å². The topological polar surface area (TPSA) is 152 Å². The molecule has 1 aromatic rings. The van der Waals surface area contributed by atoms with E-state index in [4.69, 9.17) is 14.2 Å². The van der Waals surface area contributed by atoms with Crippen molar-refractivity contribution in [3.63, 3.8) is 0 Å². The van der Waals surface area contributed by atoms with Crippen LogP contribution in [0.4, 0.5) is 9.59 Å². The van der Waals surface area contributed by atoms with Crippen LogP contribution in [0.15, 0.2) is 30.3 Å². The largest absolute Gasteiger partial charge is 0.467 e. The van der Waals surface area contributed by atoms with Crippen LogP contribution >= 0.6 is 0 Å². The van der Waals surface area contributed by atoms with E-state index < -0.39 is 47.9 Å². The van der Waals surface area contributed by atoms with Gasteiger partial charge in [0.2, 0.25) is 5.91 Å². The van der Waals surface area contributed by atoms with Crippen LogP contribution in [-0.2, 0) is 30.4 Å². The summed E-state index contributed by atoms with van der Waals surface area (Å²) in [4.78, 5) is 48.9. The number of methoxy groups -OCH3 is 1. The standard InChI is InChI=1S/C28H45N3O8/c1-19(2)17-22(25(34)37-6)30-24(33)15-14-23(32)21(13-10-16-29-26(35)39-28(3,4)5)31-27(36)38-18-20-11-8-7-9-12-20/h7-9,11-12,19,21-23,32H,10,13-18H2,1-6H3,(H,29,35)(H,30,33)(H,31,36)/t21-,22-,23+/m0/s1. The second-order valence-corrected chi connectivity index (χ2v) is 10.8. The lowest BCUT2D eigenvalue weighted by atomic mass is 10.00. The smallest absolute Gasteiger partial charge is 0.407 e. The molecule has 0 spiro atoms. The van der Waals surface area contributed by atoms with Crippen molar-refractivity contribution in [2.75, 3.05) is 13.7 Å². The molecule has 0 bridgehead atoms. The Morgan fingerprint density at radius 1 is 0.974 bits per heavy atom. The number of carbonyl (C=O) groups is 4. The van der Waals surface area contributed by atoms with Crippen molar-refractivity contribution in [2.45, 2.75) is 97.1 Å². The summed E-state index contributed by atoms with van der Waals surface area (Å²) in [7, 11) is 1.26. The molecule has 0 aliphatic rings. The van der Waals surface area contributed by atoms with Gasteiger partial charge in [0.25, 0.3) is 0 Å². The Bertz CT molecular complexity index is 902. The lowest BCUT2D eigenvalue weighted by Crippen LogP contribution is -2.45. The van der Waals surface area contributed by atoms with Gasteiger partial charge < -0.3 is 35.3 Å². The van der Waals surface area contributed by atoms with Crippen LogP contribution in [0.1, 0.15) is 72.3 Å². The van der Waals surface area contributed by atoms with Gasteiger partial charge in [-0.05, 0) is 57.9 Å². The molecule has 0 saturated heterocycles. The molecule has 3 amide bonds. The average molecular weight is 552 g/mol. The van der Waals surface area contributed by atoms with Gasteiger partial charge in [-0.2, -0.15) is 0 Å². The monoisotopic (exact) mass is 551 g/mol. The summed E-state index contributed by atoms with van der Waals surface area (Å²) in [5.41, 5.74) is 0.180. The molecule has 0 fully saturated rings. The van der Waals surface area contributed by atoms with E-state index >= 15 is 0 Å². The van der Waals surface area contributed by atoms with E-state index in [0.29, 0.717) is 19.3 Å². The number of hydrogen-bond donors (Lipinski definition) is 4. The van der Waals surface area contributed by atoms with E-state index in [1.54, 1.807) is 20.8 Å². The van der Waals surface area contributed by atoms with Crippen molar-refractivity contribution >= 4 is 24.1 Å². The number of rotatable bonds is 15. The molecule has 1 rings (SSSR count). The average Bonchev–Trinajstić information content (AvgIpc) is 2.86. The number of ether oxygens (including phenoxy) is 3. The van der Waals surface area contributed by atoms with Gasteiger partial charge in [0.15, 0.2) is 0 Å². The second kappa shape index (κ2) is 17.3. The fourth-order valence-corrected chi connectivity index (χ4v) is 3.68. The fraction of sp³-hybridized carbons (Fsp3) is 0.643. The first kappa shape index (κ1) is 33.7. The third-order valence-corrected chi connectivity index (χ3v) is 5.54. The number of hydrogen-bond acceptors (Lipinski definition) is 8. The van der Waals surface area contributed by atoms with Crippen molar-refractivity contribution < 1.29 is 38.5 Å². The molecule has 0 aliphatic carbocycles. The second-order valence-electron chi connectivity index (χ2n) is 10.8. The highest BCUT2D eigenvalue weighted by molar-refractivity contribution is 5.84. The van der Waals surface area contributed by atoms with Crippen LogP contribution in [0.25, 0.3) is 0 Å². The fourth-order valence-electron chi connectivity index (χ4n) is 3.68. The maximum absolute atomic E-state index is 12.5. The maximum Gasteiger partial charge on any atom is 0.407 e. The van der Waals surface area contributed by atoms with Gasteiger partial charge in [0, 0.05) is 13.0 Å². The molecular formula is C28H45N3O8. The summed E-state index contributed by atoms with van der Waals surface area (Å²) < 4.78 is 15.3. The summed E-state index contributed by atoms with van der Waals surface area (Å²) in [6.07, 6.45) is -1.25. The van der Waals surface area contributed by atoms with Gasteiger partial charge in [-0.3, -0.25) is 4.79 Å². The highest BCUT2D eigenvalue weighted by atomic mass is 16.6. The first-order chi connectivity index (χ1) is 18.3. The van der Waals surface area contributed by atoms with Crippen LogP contribution in [-0.4, -0.2) is 66.6 Å². The van der Waals surface area contributed by atoms with E-state index in [9.17, 15) is 24.3 Å². The first-order valence-corrected chi connectivity index (χ1v) is 13.3. The molecule has 0 unspecified atom stereocenters. The SMILES string of the molecule is COC(=O)[C@H](CC(C)C)NC(=O)CC[C@@H](O)[C@H](CCCNC(=O)OC(C)(C)C)NC(=O)OCc1ccccc1. The van der Waals surface area contributed by atoms with Crippen LogP contribution in [0.3, 0.4) is 0 Å².